The first-order chi connectivity index (χ1) is 9.39. The number of hydrogen-bond donors (Lipinski definition) is 1. The van der Waals surface area contributed by atoms with Crippen LogP contribution in [-0.4, -0.2) is 19.4 Å². The molecule has 0 fully saturated rings. The Bertz CT molecular complexity index is 496. The van der Waals surface area contributed by atoms with Gasteiger partial charge in [-0.1, -0.05) is 0 Å². The van der Waals surface area contributed by atoms with E-state index in [4.69, 9.17) is 0 Å². The number of hydrogen-bond acceptors (Lipinski definition) is 1. The minimum atomic E-state index is -5.68. The molecule has 1 atom stereocenters. The van der Waals surface area contributed by atoms with E-state index < -0.39 is 46.0 Å². The van der Waals surface area contributed by atoms with Crippen LogP contribution >= 0.6 is 15.9 Å². The molecule has 1 rings (SSSR count). The van der Waals surface area contributed by atoms with Gasteiger partial charge in [-0.15, -0.1) is 0 Å². The van der Waals surface area contributed by atoms with Crippen LogP contribution in [0.15, 0.2) is 16.6 Å². The van der Waals surface area contributed by atoms with Gasteiger partial charge in [0.15, 0.2) is 5.92 Å². The van der Waals surface area contributed by atoms with Gasteiger partial charge >= 0.3 is 12.4 Å². The number of benzene rings is 1. The summed E-state index contributed by atoms with van der Waals surface area (Å²) < 4.78 is 103. The lowest BCUT2D eigenvalue weighted by molar-refractivity contribution is -0.292. The highest BCUT2D eigenvalue weighted by atomic mass is 79.9. The van der Waals surface area contributed by atoms with Gasteiger partial charge in [-0.25, -0.2) is 8.78 Å². The lowest BCUT2D eigenvalue weighted by Gasteiger charge is -2.31. The highest BCUT2D eigenvalue weighted by molar-refractivity contribution is 9.10. The molecule has 0 aliphatic heterocycles. The van der Waals surface area contributed by atoms with Crippen molar-refractivity contribution < 1.29 is 35.1 Å². The minimum absolute atomic E-state index is 0.297. The summed E-state index contributed by atoms with van der Waals surface area (Å²) in [7, 11) is 0.800. The van der Waals surface area contributed by atoms with Gasteiger partial charge in [-0.2, -0.15) is 26.3 Å². The highest BCUT2D eigenvalue weighted by Crippen LogP contribution is 2.47. The van der Waals surface area contributed by atoms with E-state index in [0.29, 0.717) is 12.1 Å². The summed E-state index contributed by atoms with van der Waals surface area (Å²) in [5, 5.41) is 1.76. The zero-order valence-corrected chi connectivity index (χ0v) is 11.8. The smallest absolute Gasteiger partial charge is 0.312 e. The van der Waals surface area contributed by atoms with Crippen molar-refractivity contribution in [3.8, 4) is 0 Å². The minimum Gasteiger partial charge on any atom is -0.312 e. The van der Waals surface area contributed by atoms with Crippen LogP contribution in [0.25, 0.3) is 0 Å². The molecule has 0 saturated carbocycles. The molecule has 0 heterocycles. The first-order valence-corrected chi connectivity index (χ1v) is 6.14. The van der Waals surface area contributed by atoms with Crippen molar-refractivity contribution in [2.75, 3.05) is 7.05 Å². The Hall–Kier alpha value is -0.900. The van der Waals surface area contributed by atoms with Crippen molar-refractivity contribution in [2.24, 2.45) is 5.92 Å². The zero-order chi connectivity index (χ0) is 16.6. The van der Waals surface area contributed by atoms with E-state index in [0.717, 1.165) is 7.05 Å². The van der Waals surface area contributed by atoms with E-state index >= 15 is 0 Å². The Morgan fingerprint density at radius 1 is 0.952 bits per heavy atom. The van der Waals surface area contributed by atoms with Gasteiger partial charge in [0, 0.05) is 5.56 Å². The van der Waals surface area contributed by atoms with Gasteiger partial charge in [-0.3, -0.25) is 0 Å². The maximum absolute atomic E-state index is 13.6. The molecular formula is C11H8BrF8N. The predicted molar refractivity (Wildman–Crippen MR) is 61.5 cm³/mol. The summed E-state index contributed by atoms with van der Waals surface area (Å²) in [6.07, 6.45) is -11.4. The monoisotopic (exact) mass is 385 g/mol. The molecule has 21 heavy (non-hydrogen) atoms. The van der Waals surface area contributed by atoms with Crippen molar-refractivity contribution in [1.82, 2.24) is 5.32 Å². The largest absolute Gasteiger partial charge is 0.402 e. The second-order valence-corrected chi connectivity index (χ2v) is 4.97. The SMILES string of the molecule is CNC(c1cc(F)c(Br)cc1F)C(C(F)(F)F)C(F)(F)F. The maximum Gasteiger partial charge on any atom is 0.402 e. The Morgan fingerprint density at radius 3 is 1.81 bits per heavy atom. The van der Waals surface area contributed by atoms with Crippen LogP contribution in [0.2, 0.25) is 0 Å². The molecule has 0 bridgehead atoms. The molecule has 0 aromatic heterocycles. The van der Waals surface area contributed by atoms with Crippen molar-refractivity contribution >= 4 is 15.9 Å². The van der Waals surface area contributed by atoms with Crippen LogP contribution in [0, 0.1) is 17.6 Å². The van der Waals surface area contributed by atoms with Crippen molar-refractivity contribution in [2.45, 2.75) is 18.4 Å². The molecule has 0 amide bonds. The Labute approximate surface area is 122 Å². The fourth-order valence-electron chi connectivity index (χ4n) is 1.84. The molecule has 0 saturated heterocycles. The maximum atomic E-state index is 13.6. The fraction of sp³-hybridized carbons (Fsp3) is 0.455. The quantitative estimate of drug-likeness (QED) is 0.585. The average molecular weight is 386 g/mol. The van der Waals surface area contributed by atoms with Gasteiger partial charge in [0.1, 0.15) is 11.6 Å². The third-order valence-corrected chi connectivity index (χ3v) is 3.33. The molecule has 0 aliphatic rings. The molecule has 0 radical (unpaired) electrons. The van der Waals surface area contributed by atoms with Crippen molar-refractivity contribution in [3.63, 3.8) is 0 Å². The standard InChI is InChI=1S/C11H8BrF8N/c1-21-8(9(10(15,16)17)11(18,19)20)4-2-7(14)5(12)3-6(4)13/h2-3,8-9,21H,1H3. The first kappa shape index (κ1) is 18.1. The number of rotatable bonds is 3. The van der Waals surface area contributed by atoms with E-state index in [9.17, 15) is 35.1 Å². The van der Waals surface area contributed by atoms with Gasteiger partial charge in [0.25, 0.3) is 0 Å². The third kappa shape index (κ3) is 4.06. The second kappa shape index (κ2) is 6.07. The summed E-state index contributed by atoms with van der Waals surface area (Å²) in [5.41, 5.74) is -1.06. The van der Waals surface area contributed by atoms with E-state index in [2.05, 4.69) is 15.9 Å². The normalized spacial score (nSPS) is 14.6. The Balaban J connectivity index is 3.44. The zero-order valence-electron chi connectivity index (χ0n) is 10.2. The molecule has 10 heteroatoms. The first-order valence-electron chi connectivity index (χ1n) is 5.34. The number of alkyl halides is 6. The molecule has 0 aliphatic carbocycles. The third-order valence-electron chi connectivity index (χ3n) is 2.72. The number of halogens is 9. The van der Waals surface area contributed by atoms with Crippen molar-refractivity contribution in [3.05, 3.63) is 33.8 Å². The predicted octanol–water partition coefficient (Wildman–Crippen LogP) is 4.73. The van der Waals surface area contributed by atoms with Crippen LogP contribution in [-0.2, 0) is 0 Å². The topological polar surface area (TPSA) is 12.0 Å². The Morgan fingerprint density at radius 2 is 1.43 bits per heavy atom. The highest BCUT2D eigenvalue weighted by Gasteiger charge is 2.60. The van der Waals surface area contributed by atoms with Gasteiger partial charge < -0.3 is 5.32 Å². The van der Waals surface area contributed by atoms with Gasteiger partial charge in [0.05, 0.1) is 10.5 Å². The second-order valence-electron chi connectivity index (χ2n) is 4.12. The molecule has 120 valence electrons. The van der Waals surface area contributed by atoms with Crippen LogP contribution in [0.1, 0.15) is 11.6 Å². The lowest BCUT2D eigenvalue weighted by Crippen LogP contribution is -2.45. The van der Waals surface area contributed by atoms with Crippen LogP contribution in [0.4, 0.5) is 35.1 Å². The number of nitrogens with one attached hydrogen (secondary N) is 1. The van der Waals surface area contributed by atoms with E-state index in [1.807, 2.05) is 0 Å². The van der Waals surface area contributed by atoms with E-state index in [1.165, 1.54) is 0 Å². The van der Waals surface area contributed by atoms with Gasteiger partial charge in [-0.05, 0) is 35.1 Å². The molecule has 1 nitrogen and oxygen atoms in total. The average Bonchev–Trinajstić information content (AvgIpc) is 2.27. The van der Waals surface area contributed by atoms with Crippen LogP contribution in [0.5, 0.6) is 0 Å². The fourth-order valence-corrected chi connectivity index (χ4v) is 2.16. The van der Waals surface area contributed by atoms with Crippen molar-refractivity contribution in [1.29, 1.82) is 0 Å². The Kier molecular flexibility index (Phi) is 5.25. The van der Waals surface area contributed by atoms with E-state index in [1.54, 1.807) is 5.32 Å². The van der Waals surface area contributed by atoms with Crippen LogP contribution in [0.3, 0.4) is 0 Å². The molecule has 1 aromatic rings. The van der Waals surface area contributed by atoms with Crippen LogP contribution < -0.4 is 5.32 Å². The summed E-state index contributed by atoms with van der Waals surface area (Å²) in [6.45, 7) is 0. The molecular weight excluding hydrogens is 378 g/mol. The van der Waals surface area contributed by atoms with Gasteiger partial charge in [0.2, 0.25) is 0 Å². The molecule has 0 spiro atoms. The summed E-state index contributed by atoms with van der Waals surface area (Å²) in [6, 6.07) is -1.74. The summed E-state index contributed by atoms with van der Waals surface area (Å²) in [4.78, 5) is 0. The summed E-state index contributed by atoms with van der Waals surface area (Å²) >= 11 is 2.59. The summed E-state index contributed by atoms with van der Waals surface area (Å²) in [5.74, 6) is -6.43. The van der Waals surface area contributed by atoms with E-state index in [-0.39, 0.29) is 0 Å². The molecule has 1 N–H and O–H groups in total. The molecule has 1 aromatic carbocycles. The molecule has 1 unspecified atom stereocenters. The lowest BCUT2D eigenvalue weighted by atomic mass is 9.91.